The molecule has 0 unspecified atom stereocenters. The highest BCUT2D eigenvalue weighted by Crippen LogP contribution is 2.29. The number of carbonyl (C=O) groups excluding carboxylic acids is 1. The van der Waals surface area contributed by atoms with E-state index in [2.05, 4.69) is 34.1 Å². The van der Waals surface area contributed by atoms with E-state index in [1.165, 1.54) is 5.56 Å². The lowest BCUT2D eigenvalue weighted by molar-refractivity contribution is -0.137. The summed E-state index contributed by atoms with van der Waals surface area (Å²) in [6.45, 7) is 6.17. The molecule has 1 N–H and O–H groups in total. The number of carboxylic acid groups (broad SMARTS) is 1. The van der Waals surface area contributed by atoms with Gasteiger partial charge in [0.1, 0.15) is 0 Å². The first-order chi connectivity index (χ1) is 19.2. The van der Waals surface area contributed by atoms with E-state index in [1.54, 1.807) is 29.3 Å². The van der Waals surface area contributed by atoms with Crippen molar-refractivity contribution in [3.63, 3.8) is 0 Å². The fourth-order valence-corrected chi connectivity index (χ4v) is 5.67. The van der Waals surface area contributed by atoms with Crippen molar-refractivity contribution in [3.8, 4) is 0 Å². The standard InChI is InChI=1S/C31H36Cl2N4O3/c1-21(2)20-37(16-13-29(38)39)30(40)25-19-34-31(35-28(25)18-24-26(32)9-6-10-27(24)33)36-14-11-23(12-15-36)17-22-7-4-3-5-8-22/h3-10,19,21,23H,11-18,20H2,1-2H3,(H,38,39). The van der Waals surface area contributed by atoms with Crippen LogP contribution in [0.15, 0.2) is 54.7 Å². The van der Waals surface area contributed by atoms with Crippen molar-refractivity contribution in [1.82, 2.24) is 14.9 Å². The van der Waals surface area contributed by atoms with Gasteiger partial charge >= 0.3 is 5.97 Å². The Morgan fingerprint density at radius 3 is 2.35 bits per heavy atom. The summed E-state index contributed by atoms with van der Waals surface area (Å²) in [6, 6.07) is 15.9. The highest BCUT2D eigenvalue weighted by molar-refractivity contribution is 6.36. The Hall–Kier alpha value is -3.16. The number of rotatable bonds is 11. The van der Waals surface area contributed by atoms with Crippen molar-refractivity contribution in [3.05, 3.63) is 87.2 Å². The molecule has 0 radical (unpaired) electrons. The van der Waals surface area contributed by atoms with Crippen LogP contribution >= 0.6 is 23.2 Å². The van der Waals surface area contributed by atoms with Crippen LogP contribution < -0.4 is 4.90 Å². The summed E-state index contributed by atoms with van der Waals surface area (Å²) in [5.41, 5.74) is 2.91. The van der Waals surface area contributed by atoms with Crippen LogP contribution in [0.3, 0.4) is 0 Å². The zero-order chi connectivity index (χ0) is 28.6. The van der Waals surface area contributed by atoms with E-state index in [0.29, 0.717) is 45.3 Å². The van der Waals surface area contributed by atoms with E-state index in [0.717, 1.165) is 32.4 Å². The van der Waals surface area contributed by atoms with Gasteiger partial charge in [0, 0.05) is 48.8 Å². The normalized spacial score (nSPS) is 14.0. The van der Waals surface area contributed by atoms with E-state index in [9.17, 15) is 14.7 Å². The average molecular weight is 584 g/mol. The largest absolute Gasteiger partial charge is 0.481 e. The minimum atomic E-state index is -0.952. The predicted molar refractivity (Wildman–Crippen MR) is 159 cm³/mol. The van der Waals surface area contributed by atoms with Crippen LogP contribution in [0.1, 0.15) is 60.3 Å². The number of aromatic nitrogens is 2. The number of halogens is 2. The molecule has 4 rings (SSSR count). The molecule has 40 heavy (non-hydrogen) atoms. The zero-order valence-electron chi connectivity index (χ0n) is 23.0. The first-order valence-electron chi connectivity index (χ1n) is 13.8. The molecule has 0 bridgehead atoms. The molecule has 7 nitrogen and oxygen atoms in total. The van der Waals surface area contributed by atoms with Crippen molar-refractivity contribution in [2.24, 2.45) is 11.8 Å². The van der Waals surface area contributed by atoms with Gasteiger partial charge in [0.05, 0.1) is 17.7 Å². The van der Waals surface area contributed by atoms with Gasteiger partial charge in [-0.15, -0.1) is 0 Å². The second kappa shape index (κ2) is 14.0. The van der Waals surface area contributed by atoms with Crippen LogP contribution in [0.5, 0.6) is 0 Å². The molecule has 9 heteroatoms. The minimum Gasteiger partial charge on any atom is -0.481 e. The lowest BCUT2D eigenvalue weighted by Gasteiger charge is -2.32. The average Bonchev–Trinajstić information content (AvgIpc) is 2.93. The quantitative estimate of drug-likeness (QED) is 0.281. The first-order valence-corrected chi connectivity index (χ1v) is 14.6. The Kier molecular flexibility index (Phi) is 10.4. The highest BCUT2D eigenvalue weighted by Gasteiger charge is 2.26. The molecule has 3 aromatic rings. The molecule has 1 aliphatic rings. The monoisotopic (exact) mass is 582 g/mol. The third-order valence-electron chi connectivity index (χ3n) is 7.22. The topological polar surface area (TPSA) is 86.6 Å². The van der Waals surface area contributed by atoms with Crippen molar-refractivity contribution in [2.75, 3.05) is 31.1 Å². The van der Waals surface area contributed by atoms with Gasteiger partial charge < -0.3 is 14.9 Å². The van der Waals surface area contributed by atoms with Gasteiger partial charge in [-0.1, -0.05) is 73.4 Å². The molecule has 212 valence electrons. The molecule has 0 spiro atoms. The lowest BCUT2D eigenvalue weighted by Crippen LogP contribution is -2.38. The molecule has 1 amide bonds. The van der Waals surface area contributed by atoms with Crippen molar-refractivity contribution in [2.45, 2.75) is 46.0 Å². The van der Waals surface area contributed by atoms with E-state index < -0.39 is 5.97 Å². The number of nitrogens with zero attached hydrogens (tertiary/aromatic N) is 4. The molecule has 1 fully saturated rings. The molecule has 1 aliphatic heterocycles. The maximum absolute atomic E-state index is 13.8. The number of amides is 1. The molecule has 0 atom stereocenters. The van der Waals surface area contributed by atoms with Gasteiger partial charge in [-0.05, 0) is 54.4 Å². The molecule has 1 aromatic heterocycles. The second-order valence-corrected chi connectivity index (χ2v) is 11.6. The van der Waals surface area contributed by atoms with Crippen LogP contribution in [0.25, 0.3) is 0 Å². The summed E-state index contributed by atoms with van der Waals surface area (Å²) in [5, 5.41) is 10.2. The zero-order valence-corrected chi connectivity index (χ0v) is 24.5. The summed E-state index contributed by atoms with van der Waals surface area (Å²) in [4.78, 5) is 38.3. The summed E-state index contributed by atoms with van der Waals surface area (Å²) in [7, 11) is 0. The van der Waals surface area contributed by atoms with Crippen molar-refractivity contribution >= 4 is 41.0 Å². The Morgan fingerprint density at radius 1 is 1.05 bits per heavy atom. The van der Waals surface area contributed by atoms with Crippen LogP contribution in [0, 0.1) is 11.8 Å². The Bertz CT molecular complexity index is 1290. The van der Waals surface area contributed by atoms with Gasteiger partial charge in [-0.2, -0.15) is 0 Å². The number of anilines is 1. The molecular formula is C31H36Cl2N4O3. The number of hydrogen-bond donors (Lipinski definition) is 1. The number of carboxylic acids is 1. The fraction of sp³-hybridized carbons (Fsp3) is 0.419. The molecule has 1 saturated heterocycles. The smallest absolute Gasteiger partial charge is 0.305 e. The lowest BCUT2D eigenvalue weighted by atomic mass is 9.90. The summed E-state index contributed by atoms with van der Waals surface area (Å²) >= 11 is 13.0. The maximum Gasteiger partial charge on any atom is 0.305 e. The van der Waals surface area contributed by atoms with Crippen LogP contribution in [-0.2, 0) is 17.6 Å². The number of aliphatic carboxylic acids is 1. The highest BCUT2D eigenvalue weighted by atomic mass is 35.5. The third kappa shape index (κ3) is 7.95. The number of hydrogen-bond acceptors (Lipinski definition) is 5. The van der Waals surface area contributed by atoms with Crippen molar-refractivity contribution in [1.29, 1.82) is 0 Å². The SMILES string of the molecule is CC(C)CN(CCC(=O)O)C(=O)c1cnc(N2CCC(Cc3ccccc3)CC2)nc1Cc1c(Cl)cccc1Cl. The molecule has 0 saturated carbocycles. The van der Waals surface area contributed by atoms with E-state index in [-0.39, 0.29) is 31.2 Å². The molecular weight excluding hydrogens is 547 g/mol. The van der Waals surface area contributed by atoms with Gasteiger partial charge in [-0.25, -0.2) is 9.97 Å². The van der Waals surface area contributed by atoms with Crippen LogP contribution in [0.4, 0.5) is 5.95 Å². The van der Waals surface area contributed by atoms with Gasteiger partial charge in [0.2, 0.25) is 5.95 Å². The van der Waals surface area contributed by atoms with Gasteiger partial charge in [0.25, 0.3) is 5.91 Å². The van der Waals surface area contributed by atoms with Gasteiger partial charge in [-0.3, -0.25) is 9.59 Å². The summed E-state index contributed by atoms with van der Waals surface area (Å²) < 4.78 is 0. The number of benzene rings is 2. The van der Waals surface area contributed by atoms with E-state index in [4.69, 9.17) is 28.2 Å². The van der Waals surface area contributed by atoms with Crippen molar-refractivity contribution < 1.29 is 14.7 Å². The first kappa shape index (κ1) is 29.8. The maximum atomic E-state index is 13.8. The van der Waals surface area contributed by atoms with Gasteiger partial charge in [0.15, 0.2) is 0 Å². The minimum absolute atomic E-state index is 0.106. The van der Waals surface area contributed by atoms with Crippen LogP contribution in [-0.4, -0.2) is 58.0 Å². The number of carbonyl (C=O) groups is 2. The molecule has 2 heterocycles. The molecule has 0 aliphatic carbocycles. The summed E-state index contributed by atoms with van der Waals surface area (Å²) in [5.74, 6) is 0.0956. The predicted octanol–water partition coefficient (Wildman–Crippen LogP) is 6.41. The summed E-state index contributed by atoms with van der Waals surface area (Å²) in [6.07, 6.45) is 4.81. The Labute approximate surface area is 246 Å². The van der Waals surface area contributed by atoms with E-state index >= 15 is 0 Å². The Balaban J connectivity index is 1.60. The fourth-order valence-electron chi connectivity index (χ4n) is 5.14. The third-order valence-corrected chi connectivity index (χ3v) is 7.93. The van der Waals surface area contributed by atoms with E-state index in [1.807, 2.05) is 19.9 Å². The second-order valence-electron chi connectivity index (χ2n) is 10.8. The number of piperidine rings is 1. The molecule has 2 aromatic carbocycles. The van der Waals surface area contributed by atoms with Crippen LogP contribution in [0.2, 0.25) is 10.0 Å². The Morgan fingerprint density at radius 2 is 1.73 bits per heavy atom.